The van der Waals surface area contributed by atoms with Gasteiger partial charge in [0.1, 0.15) is 5.75 Å². The number of benzene rings is 1. The third-order valence-electron chi connectivity index (χ3n) is 4.16. The van der Waals surface area contributed by atoms with Crippen molar-refractivity contribution in [2.24, 2.45) is 4.99 Å². The number of rotatable bonds is 5. The zero-order valence-electron chi connectivity index (χ0n) is 16.0. The van der Waals surface area contributed by atoms with Gasteiger partial charge in [-0.1, -0.05) is 0 Å². The first kappa shape index (κ1) is 19.6. The summed E-state index contributed by atoms with van der Waals surface area (Å²) >= 11 is 2.01. The molecular formula is C18H29N3O3S. The minimum absolute atomic E-state index is 0.233. The zero-order valence-corrected chi connectivity index (χ0v) is 16.8. The van der Waals surface area contributed by atoms with E-state index in [2.05, 4.69) is 29.1 Å². The van der Waals surface area contributed by atoms with E-state index in [1.165, 1.54) is 0 Å². The maximum Gasteiger partial charge on any atom is 0.193 e. The molecule has 1 aromatic carbocycles. The molecule has 0 aromatic heterocycles. The van der Waals surface area contributed by atoms with Crippen LogP contribution in [0, 0.1) is 0 Å². The molecule has 140 valence electrons. The van der Waals surface area contributed by atoms with Crippen molar-refractivity contribution in [3.63, 3.8) is 0 Å². The summed E-state index contributed by atoms with van der Waals surface area (Å²) in [4.78, 5) is 6.76. The van der Waals surface area contributed by atoms with Gasteiger partial charge in [-0.3, -0.25) is 4.99 Å². The largest absolute Gasteiger partial charge is 0.496 e. The Hall–Kier alpha value is -1.76. The lowest BCUT2D eigenvalue weighted by Crippen LogP contribution is -2.50. The predicted octanol–water partition coefficient (Wildman–Crippen LogP) is 2.62. The fourth-order valence-corrected chi connectivity index (χ4v) is 4.05. The van der Waals surface area contributed by atoms with Crippen molar-refractivity contribution in [1.29, 1.82) is 0 Å². The number of methoxy groups -OCH3 is 3. The van der Waals surface area contributed by atoms with Gasteiger partial charge in [0.2, 0.25) is 0 Å². The topological polar surface area (TPSA) is 55.3 Å². The highest BCUT2D eigenvalue weighted by Gasteiger charge is 2.28. The molecule has 0 spiro atoms. The minimum atomic E-state index is 0.233. The Morgan fingerprint density at radius 2 is 1.80 bits per heavy atom. The summed E-state index contributed by atoms with van der Waals surface area (Å²) in [6.45, 7) is 7.11. The van der Waals surface area contributed by atoms with E-state index in [9.17, 15) is 0 Å². The van der Waals surface area contributed by atoms with Crippen LogP contribution in [0.1, 0.15) is 19.4 Å². The van der Waals surface area contributed by atoms with Crippen LogP contribution in [0.15, 0.2) is 17.1 Å². The highest BCUT2D eigenvalue weighted by Crippen LogP contribution is 2.34. The molecule has 0 radical (unpaired) electrons. The van der Waals surface area contributed by atoms with Crippen molar-refractivity contribution in [2.75, 3.05) is 47.2 Å². The fraction of sp³-hybridized carbons (Fsp3) is 0.611. The summed E-state index contributed by atoms with van der Waals surface area (Å²) in [7, 11) is 6.73. The minimum Gasteiger partial charge on any atom is -0.496 e. The van der Waals surface area contributed by atoms with E-state index in [1.807, 2.05) is 30.9 Å². The van der Waals surface area contributed by atoms with Crippen molar-refractivity contribution >= 4 is 17.7 Å². The van der Waals surface area contributed by atoms with Crippen LogP contribution in [0.4, 0.5) is 0 Å². The van der Waals surface area contributed by atoms with Gasteiger partial charge in [0.05, 0.1) is 21.3 Å². The first-order valence-electron chi connectivity index (χ1n) is 8.32. The predicted molar refractivity (Wildman–Crippen MR) is 104 cm³/mol. The van der Waals surface area contributed by atoms with Crippen LogP contribution in [-0.2, 0) is 6.54 Å². The Labute approximate surface area is 154 Å². The molecule has 0 atom stereocenters. The Bertz CT molecular complexity index is 620. The van der Waals surface area contributed by atoms with Crippen LogP contribution in [0.2, 0.25) is 0 Å². The monoisotopic (exact) mass is 367 g/mol. The maximum atomic E-state index is 5.50. The average Bonchev–Trinajstić information content (AvgIpc) is 2.60. The Morgan fingerprint density at radius 3 is 2.36 bits per heavy atom. The van der Waals surface area contributed by atoms with Crippen LogP contribution in [0.25, 0.3) is 0 Å². The molecule has 0 saturated carbocycles. The molecule has 1 N–H and O–H groups in total. The Kier molecular flexibility index (Phi) is 6.70. The van der Waals surface area contributed by atoms with Crippen LogP contribution in [0.3, 0.4) is 0 Å². The smallest absolute Gasteiger partial charge is 0.193 e. The Morgan fingerprint density at radius 1 is 1.16 bits per heavy atom. The van der Waals surface area contributed by atoms with Gasteiger partial charge < -0.3 is 24.4 Å². The average molecular weight is 368 g/mol. The quantitative estimate of drug-likeness (QED) is 0.638. The molecular weight excluding hydrogens is 338 g/mol. The van der Waals surface area contributed by atoms with Crippen molar-refractivity contribution < 1.29 is 14.2 Å². The number of guanidine groups is 1. The van der Waals surface area contributed by atoms with E-state index in [-0.39, 0.29) is 4.75 Å². The maximum absolute atomic E-state index is 5.50. The second-order valence-electron chi connectivity index (χ2n) is 6.45. The van der Waals surface area contributed by atoms with Gasteiger partial charge in [0, 0.05) is 48.8 Å². The fourth-order valence-electron chi connectivity index (χ4n) is 2.93. The van der Waals surface area contributed by atoms with E-state index >= 15 is 0 Å². The number of nitrogens with zero attached hydrogens (tertiary/aromatic N) is 2. The first-order valence-corrected chi connectivity index (χ1v) is 9.31. The zero-order chi connectivity index (χ0) is 18.4. The molecule has 1 aliphatic heterocycles. The first-order chi connectivity index (χ1) is 11.9. The van der Waals surface area contributed by atoms with Gasteiger partial charge in [-0.05, 0) is 19.9 Å². The highest BCUT2D eigenvalue weighted by atomic mass is 32.2. The molecule has 1 aliphatic rings. The number of hydrogen-bond donors (Lipinski definition) is 1. The van der Waals surface area contributed by atoms with Crippen LogP contribution >= 0.6 is 11.8 Å². The lowest BCUT2D eigenvalue weighted by Gasteiger charge is -2.39. The van der Waals surface area contributed by atoms with E-state index in [0.717, 1.165) is 36.1 Å². The van der Waals surface area contributed by atoms with E-state index in [0.29, 0.717) is 18.0 Å². The summed E-state index contributed by atoms with van der Waals surface area (Å²) in [5, 5.41) is 3.45. The molecule has 1 aromatic rings. The number of aliphatic imine (C=N–C) groups is 1. The second kappa shape index (κ2) is 8.56. The van der Waals surface area contributed by atoms with Crippen molar-refractivity contribution in [3.05, 3.63) is 17.7 Å². The number of thioether (sulfide) groups is 1. The third-order valence-corrected chi connectivity index (χ3v) is 5.46. The van der Waals surface area contributed by atoms with Gasteiger partial charge in [-0.2, -0.15) is 11.8 Å². The van der Waals surface area contributed by atoms with Crippen LogP contribution < -0.4 is 19.5 Å². The van der Waals surface area contributed by atoms with Gasteiger partial charge in [0.15, 0.2) is 17.5 Å². The Balaban J connectivity index is 2.13. The molecule has 1 fully saturated rings. The molecule has 0 unspecified atom stereocenters. The van der Waals surface area contributed by atoms with Crippen molar-refractivity contribution in [2.45, 2.75) is 25.1 Å². The number of ether oxygens (including phenoxy) is 3. The molecule has 7 heteroatoms. The summed E-state index contributed by atoms with van der Waals surface area (Å²) in [6, 6.07) is 3.78. The molecule has 1 heterocycles. The molecule has 2 rings (SSSR count). The van der Waals surface area contributed by atoms with Crippen molar-refractivity contribution in [3.8, 4) is 17.2 Å². The summed E-state index contributed by atoms with van der Waals surface area (Å²) < 4.78 is 16.5. The summed E-state index contributed by atoms with van der Waals surface area (Å²) in [5.41, 5.74) is 0.993. The molecule has 0 bridgehead atoms. The van der Waals surface area contributed by atoms with Crippen molar-refractivity contribution in [1.82, 2.24) is 10.2 Å². The lowest BCUT2D eigenvalue weighted by atomic mass is 10.1. The molecule has 0 amide bonds. The van der Waals surface area contributed by atoms with Crippen LogP contribution in [-0.4, -0.2) is 62.8 Å². The second-order valence-corrected chi connectivity index (χ2v) is 8.25. The highest BCUT2D eigenvalue weighted by molar-refractivity contribution is 8.00. The van der Waals surface area contributed by atoms with E-state index in [4.69, 9.17) is 14.2 Å². The van der Waals surface area contributed by atoms with Gasteiger partial charge >= 0.3 is 0 Å². The number of hydrogen-bond acceptors (Lipinski definition) is 5. The molecule has 0 aliphatic carbocycles. The van der Waals surface area contributed by atoms with Gasteiger partial charge in [0.25, 0.3) is 0 Å². The number of nitrogens with one attached hydrogen (secondary N) is 1. The summed E-state index contributed by atoms with van der Waals surface area (Å²) in [5.74, 6) is 4.11. The van der Waals surface area contributed by atoms with Crippen LogP contribution in [0.5, 0.6) is 17.2 Å². The lowest BCUT2D eigenvalue weighted by molar-refractivity contribution is 0.347. The van der Waals surface area contributed by atoms with E-state index in [1.54, 1.807) is 21.3 Å². The molecule has 25 heavy (non-hydrogen) atoms. The van der Waals surface area contributed by atoms with Gasteiger partial charge in [-0.15, -0.1) is 0 Å². The SMILES string of the molecule is CN=C(NCc1cc(OC)c(OC)cc1OC)N1CCSC(C)(C)C1. The molecule has 6 nitrogen and oxygen atoms in total. The standard InChI is InChI=1S/C18H29N3O3S/c1-18(2)12-21(7-8-25-18)17(19-3)20-11-13-9-15(23-5)16(24-6)10-14(13)22-4/h9-10H,7-8,11-12H2,1-6H3,(H,19,20). The third kappa shape index (κ3) is 4.87. The molecule has 1 saturated heterocycles. The summed E-state index contributed by atoms with van der Waals surface area (Å²) in [6.07, 6.45) is 0. The van der Waals surface area contributed by atoms with E-state index < -0.39 is 0 Å². The normalized spacial score (nSPS) is 17.2. The van der Waals surface area contributed by atoms with Gasteiger partial charge in [-0.25, -0.2) is 0 Å².